The molecule has 7 nitrogen and oxygen atoms in total. The Morgan fingerprint density at radius 2 is 2.11 bits per heavy atom. The molecule has 148 valence electrons. The Hall–Kier alpha value is -2.80. The van der Waals surface area contributed by atoms with Gasteiger partial charge in [-0.15, -0.1) is 0 Å². The number of hydrogen-bond donors (Lipinski definition) is 1. The molecule has 0 bridgehead atoms. The molecule has 1 saturated heterocycles. The summed E-state index contributed by atoms with van der Waals surface area (Å²) in [6, 6.07) is 8.55. The molecule has 1 aliphatic heterocycles. The number of aryl methyl sites for hydroxylation is 1. The predicted molar refractivity (Wildman–Crippen MR) is 108 cm³/mol. The van der Waals surface area contributed by atoms with Crippen LogP contribution in [0.15, 0.2) is 36.5 Å². The summed E-state index contributed by atoms with van der Waals surface area (Å²) < 4.78 is 5.95. The lowest BCUT2D eigenvalue weighted by Gasteiger charge is -2.19. The Kier molecular flexibility index (Phi) is 6.04. The largest absolute Gasteiger partial charge is 0.472 e. The second-order valence-corrected chi connectivity index (χ2v) is 7.36. The molecule has 1 atom stereocenters. The molecule has 28 heavy (non-hydrogen) atoms. The SMILES string of the molecule is Cc1ccc(Cl)cc1NC(=O)N1CCC(Oc2ncccc2C(=O)N(C)C)C1. The number of rotatable bonds is 4. The zero-order valence-corrected chi connectivity index (χ0v) is 16.9. The van der Waals surface area contributed by atoms with E-state index in [1.807, 2.05) is 13.0 Å². The van der Waals surface area contributed by atoms with Crippen molar-refractivity contribution in [3.63, 3.8) is 0 Å². The Labute approximate surface area is 169 Å². The highest BCUT2D eigenvalue weighted by atomic mass is 35.5. The van der Waals surface area contributed by atoms with Crippen LogP contribution in [0, 0.1) is 6.92 Å². The number of carbonyl (C=O) groups excluding carboxylic acids is 2. The lowest BCUT2D eigenvalue weighted by Crippen LogP contribution is -2.35. The molecule has 2 heterocycles. The van der Waals surface area contributed by atoms with E-state index in [0.29, 0.717) is 41.7 Å². The maximum Gasteiger partial charge on any atom is 0.321 e. The minimum Gasteiger partial charge on any atom is -0.472 e. The molecule has 0 aliphatic carbocycles. The lowest BCUT2D eigenvalue weighted by atomic mass is 10.2. The van der Waals surface area contributed by atoms with Gasteiger partial charge >= 0.3 is 6.03 Å². The maximum atomic E-state index is 12.6. The number of ether oxygens (including phenoxy) is 1. The summed E-state index contributed by atoms with van der Waals surface area (Å²) in [6.07, 6.45) is 2.02. The molecule has 1 aromatic heterocycles. The van der Waals surface area contributed by atoms with Gasteiger partial charge in [-0.05, 0) is 36.8 Å². The number of nitrogens with one attached hydrogen (secondary N) is 1. The van der Waals surface area contributed by atoms with E-state index in [2.05, 4.69) is 10.3 Å². The number of halogens is 1. The summed E-state index contributed by atoms with van der Waals surface area (Å²) in [5, 5.41) is 3.46. The van der Waals surface area contributed by atoms with Gasteiger partial charge < -0.3 is 19.9 Å². The summed E-state index contributed by atoms with van der Waals surface area (Å²) in [5.74, 6) is 0.117. The molecule has 8 heteroatoms. The number of benzene rings is 1. The summed E-state index contributed by atoms with van der Waals surface area (Å²) in [6.45, 7) is 2.88. The van der Waals surface area contributed by atoms with Gasteiger partial charge in [0.1, 0.15) is 11.7 Å². The second-order valence-electron chi connectivity index (χ2n) is 6.92. The van der Waals surface area contributed by atoms with Gasteiger partial charge in [-0.25, -0.2) is 9.78 Å². The Morgan fingerprint density at radius 1 is 1.32 bits per heavy atom. The molecular formula is C20H23ClN4O3. The molecule has 1 aromatic carbocycles. The Morgan fingerprint density at radius 3 is 2.86 bits per heavy atom. The third-order valence-electron chi connectivity index (χ3n) is 4.56. The predicted octanol–water partition coefficient (Wildman–Crippen LogP) is 3.43. The molecule has 0 spiro atoms. The van der Waals surface area contributed by atoms with Crippen molar-refractivity contribution >= 4 is 29.2 Å². The first kappa shape index (κ1) is 19.9. The highest BCUT2D eigenvalue weighted by Gasteiger charge is 2.29. The van der Waals surface area contributed by atoms with Gasteiger partial charge in [0.15, 0.2) is 0 Å². The van der Waals surface area contributed by atoms with Crippen molar-refractivity contribution in [2.24, 2.45) is 0 Å². The van der Waals surface area contributed by atoms with Gasteiger partial charge in [-0.3, -0.25) is 4.79 Å². The molecule has 3 rings (SSSR count). The summed E-state index contributed by atoms with van der Waals surface area (Å²) in [5.41, 5.74) is 2.03. The number of urea groups is 1. The van der Waals surface area contributed by atoms with Gasteiger partial charge in [-0.1, -0.05) is 17.7 Å². The standard InChI is InChI=1S/C20H23ClN4O3/c1-13-6-7-14(21)11-17(13)23-20(27)25-10-8-15(12-25)28-18-16(5-4-9-22-18)19(26)24(2)3/h4-7,9,11,15H,8,10,12H2,1-3H3,(H,23,27). The van der Waals surface area contributed by atoms with Crippen LogP contribution in [0.4, 0.5) is 10.5 Å². The normalized spacial score (nSPS) is 16.0. The van der Waals surface area contributed by atoms with Crippen LogP contribution in [0.1, 0.15) is 22.3 Å². The van der Waals surface area contributed by atoms with Crippen molar-refractivity contribution in [2.75, 3.05) is 32.5 Å². The van der Waals surface area contributed by atoms with Gasteiger partial charge in [0.2, 0.25) is 5.88 Å². The smallest absolute Gasteiger partial charge is 0.321 e. The maximum absolute atomic E-state index is 12.6. The highest BCUT2D eigenvalue weighted by molar-refractivity contribution is 6.31. The van der Waals surface area contributed by atoms with Gasteiger partial charge in [0, 0.05) is 44.0 Å². The molecule has 1 fully saturated rings. The van der Waals surface area contributed by atoms with Crippen molar-refractivity contribution in [3.8, 4) is 5.88 Å². The van der Waals surface area contributed by atoms with E-state index >= 15 is 0 Å². The van der Waals surface area contributed by atoms with Crippen molar-refractivity contribution in [3.05, 3.63) is 52.7 Å². The van der Waals surface area contributed by atoms with E-state index in [1.54, 1.807) is 49.5 Å². The van der Waals surface area contributed by atoms with Crippen molar-refractivity contribution in [1.82, 2.24) is 14.8 Å². The summed E-state index contributed by atoms with van der Waals surface area (Å²) in [4.78, 5) is 32.2. The molecule has 1 aliphatic rings. The average Bonchev–Trinajstić information content (AvgIpc) is 3.13. The molecule has 2 aromatic rings. The minimum atomic E-state index is -0.227. The van der Waals surface area contributed by atoms with E-state index in [0.717, 1.165) is 5.56 Å². The summed E-state index contributed by atoms with van der Waals surface area (Å²) >= 11 is 6.01. The van der Waals surface area contributed by atoms with E-state index in [1.165, 1.54) is 4.90 Å². The third-order valence-corrected chi connectivity index (χ3v) is 4.79. The summed E-state index contributed by atoms with van der Waals surface area (Å²) in [7, 11) is 3.36. The first-order valence-electron chi connectivity index (χ1n) is 9.00. The van der Waals surface area contributed by atoms with E-state index < -0.39 is 0 Å². The number of pyridine rings is 1. The van der Waals surface area contributed by atoms with Crippen LogP contribution in [0.3, 0.4) is 0 Å². The van der Waals surface area contributed by atoms with Crippen LogP contribution in [0.2, 0.25) is 5.02 Å². The average molecular weight is 403 g/mol. The van der Waals surface area contributed by atoms with Crippen LogP contribution < -0.4 is 10.1 Å². The first-order valence-corrected chi connectivity index (χ1v) is 9.38. The fourth-order valence-electron chi connectivity index (χ4n) is 2.98. The number of hydrogen-bond acceptors (Lipinski definition) is 4. The molecule has 0 radical (unpaired) electrons. The van der Waals surface area contributed by atoms with E-state index in [-0.39, 0.29) is 18.0 Å². The second kappa shape index (κ2) is 8.48. The monoisotopic (exact) mass is 402 g/mol. The fourth-order valence-corrected chi connectivity index (χ4v) is 3.15. The third kappa shape index (κ3) is 4.54. The molecular weight excluding hydrogens is 380 g/mol. The number of carbonyl (C=O) groups is 2. The zero-order chi connectivity index (χ0) is 20.3. The molecule has 3 amide bonds. The van der Waals surface area contributed by atoms with Crippen molar-refractivity contribution < 1.29 is 14.3 Å². The number of amides is 3. The minimum absolute atomic E-state index is 0.174. The molecule has 1 N–H and O–H groups in total. The number of anilines is 1. The number of likely N-dealkylation sites (tertiary alicyclic amines) is 1. The highest BCUT2D eigenvalue weighted by Crippen LogP contribution is 2.23. The zero-order valence-electron chi connectivity index (χ0n) is 16.1. The first-order chi connectivity index (χ1) is 13.3. The molecule has 0 saturated carbocycles. The van der Waals surface area contributed by atoms with Crippen LogP contribution in [0.5, 0.6) is 5.88 Å². The Balaban J connectivity index is 1.64. The van der Waals surface area contributed by atoms with E-state index in [4.69, 9.17) is 16.3 Å². The van der Waals surface area contributed by atoms with Crippen LogP contribution in [-0.4, -0.2) is 60.0 Å². The van der Waals surface area contributed by atoms with Crippen LogP contribution in [0.25, 0.3) is 0 Å². The van der Waals surface area contributed by atoms with Crippen molar-refractivity contribution in [1.29, 1.82) is 0 Å². The fraction of sp³-hybridized carbons (Fsp3) is 0.350. The van der Waals surface area contributed by atoms with E-state index in [9.17, 15) is 9.59 Å². The quantitative estimate of drug-likeness (QED) is 0.850. The molecule has 1 unspecified atom stereocenters. The van der Waals surface area contributed by atoms with Gasteiger partial charge in [0.25, 0.3) is 5.91 Å². The lowest BCUT2D eigenvalue weighted by molar-refractivity contribution is 0.0818. The number of aromatic nitrogens is 1. The van der Waals surface area contributed by atoms with Gasteiger partial charge in [-0.2, -0.15) is 0 Å². The van der Waals surface area contributed by atoms with Gasteiger partial charge in [0.05, 0.1) is 6.54 Å². The Bertz CT molecular complexity index is 888. The number of nitrogens with zero attached hydrogens (tertiary/aromatic N) is 3. The van der Waals surface area contributed by atoms with Crippen molar-refractivity contribution in [2.45, 2.75) is 19.4 Å². The van der Waals surface area contributed by atoms with Crippen LogP contribution >= 0.6 is 11.6 Å². The van der Waals surface area contributed by atoms with Crippen LogP contribution in [-0.2, 0) is 0 Å². The topological polar surface area (TPSA) is 74.8 Å².